The molecule has 2 unspecified atom stereocenters. The van der Waals surface area contributed by atoms with Crippen molar-refractivity contribution in [1.82, 2.24) is 25.3 Å². The first kappa shape index (κ1) is 29.6. The number of aliphatic carboxylic acids is 1. The zero-order valence-electron chi connectivity index (χ0n) is 43.6. The Hall–Kier alpha value is -5.66. The first-order valence-electron chi connectivity index (χ1n) is 23.9. The van der Waals surface area contributed by atoms with E-state index in [4.69, 9.17) is 67.2 Å². The van der Waals surface area contributed by atoms with Gasteiger partial charge < -0.3 is 65.8 Å². The maximum atomic E-state index is 12.0. The number of anilines is 4. The van der Waals surface area contributed by atoms with Gasteiger partial charge in [-0.2, -0.15) is 9.97 Å². The van der Waals surface area contributed by atoms with Crippen molar-refractivity contribution in [3.05, 3.63) is 24.3 Å². The Kier molecular flexibility index (Phi) is 11.2. The van der Waals surface area contributed by atoms with Crippen LogP contribution in [0.25, 0.3) is 21.8 Å². The first-order chi connectivity index (χ1) is 32.0. The Balaban J connectivity index is 0.000000263. The third-order valence-corrected chi connectivity index (χ3v) is 8.77. The number of carboxylic acid groups (broad SMARTS) is 1. The molecule has 57 heavy (non-hydrogen) atoms. The van der Waals surface area contributed by atoms with E-state index in [1.807, 2.05) is 0 Å². The van der Waals surface area contributed by atoms with Gasteiger partial charge in [0.2, 0.25) is 17.8 Å². The van der Waals surface area contributed by atoms with Gasteiger partial charge in [-0.25, -0.2) is 14.8 Å². The van der Waals surface area contributed by atoms with Gasteiger partial charge in [0.15, 0.2) is 29.1 Å². The van der Waals surface area contributed by atoms with Crippen LogP contribution in [0.1, 0.15) is 55.0 Å². The number of nitrogens with one attached hydrogen (secondary N) is 1. The van der Waals surface area contributed by atoms with Gasteiger partial charge in [-0.05, 0) is 57.2 Å². The van der Waals surface area contributed by atoms with E-state index in [1.54, 1.807) is 23.9 Å². The summed E-state index contributed by atoms with van der Waals surface area (Å²) in [5, 5.41) is 11.7. The van der Waals surface area contributed by atoms with Gasteiger partial charge in [-0.1, -0.05) is 0 Å². The summed E-state index contributed by atoms with van der Waals surface area (Å²) in [5.41, 5.74) is 18.1. The second-order valence-electron chi connectivity index (χ2n) is 12.8. The van der Waals surface area contributed by atoms with Gasteiger partial charge in [0.05, 0.1) is 55.6 Å². The number of amides is 1. The SMILES string of the molecule is O=C(O)C1CCCO1.[2H]C([2H])([2H])Oc1cc2nc(N(C)CCCN)nc(N)c2cc1OC([2H])([2H])[2H].[2H]C([2H])([2H])Oc1cc2nc(N(C)CCCNC(=O)C3CCCO3)nc(N)c2cc1OC([2H])([2H])[2H]. The quantitative estimate of drug-likeness (QED) is 0.108. The Labute approximate surface area is 349 Å². The van der Waals surface area contributed by atoms with Crippen molar-refractivity contribution in [2.45, 2.75) is 50.7 Å². The molecule has 0 aliphatic carbocycles. The fourth-order valence-corrected chi connectivity index (χ4v) is 5.68. The van der Waals surface area contributed by atoms with Crippen LogP contribution in [0.2, 0.25) is 0 Å². The largest absolute Gasteiger partial charge is 0.493 e. The maximum Gasteiger partial charge on any atom is 0.332 e. The lowest BCUT2D eigenvalue weighted by Crippen LogP contribution is -2.36. The third kappa shape index (κ3) is 11.9. The van der Waals surface area contributed by atoms with E-state index >= 15 is 0 Å². The van der Waals surface area contributed by atoms with E-state index in [9.17, 15) is 9.59 Å². The standard InChI is InChI=1S/C19H27N5O4.C14H21N5O2.C5H8O3/c1-24(8-5-7-21-18(25)14-6-4-9-28-14)19-22-13-11-16(27-3)15(26-2)10-12(13)17(20)23-19;1-19(6-4-5-15)14-17-10-8-12(21-3)11(20-2)7-9(10)13(16)18-14;6-5(7)4-2-1-3-8-4/h10-11,14H,4-9H2,1-3H3,(H,21,25)(H2,20,22,23);7-8H,4-6,15H2,1-3H3,(H2,16,17,18);4H,1-3H2,(H,6,7)/i2*2D3,3D3;. The fraction of sp³-hybridized carbons (Fsp3) is 0.526. The van der Waals surface area contributed by atoms with E-state index in [0.29, 0.717) is 63.6 Å². The number of hydrogen-bond acceptors (Lipinski definition) is 17. The number of hydrogen-bond donors (Lipinski definition) is 5. The van der Waals surface area contributed by atoms with Crippen LogP contribution >= 0.6 is 0 Å². The van der Waals surface area contributed by atoms with Crippen molar-refractivity contribution in [3.8, 4) is 23.0 Å². The highest BCUT2D eigenvalue weighted by Crippen LogP contribution is 2.35. The topological polar surface area (TPSA) is 258 Å². The number of aromatic nitrogens is 4. The van der Waals surface area contributed by atoms with Crippen LogP contribution in [-0.2, 0) is 19.1 Å². The number of nitrogen functional groups attached to an aromatic ring is 2. The van der Waals surface area contributed by atoms with Crippen molar-refractivity contribution in [3.63, 3.8) is 0 Å². The predicted molar refractivity (Wildman–Crippen MR) is 218 cm³/mol. The van der Waals surface area contributed by atoms with Crippen LogP contribution in [0, 0.1) is 0 Å². The summed E-state index contributed by atoms with van der Waals surface area (Å²) in [6.07, 6.45) is 3.59. The molecule has 19 heteroatoms. The average molecular weight is 809 g/mol. The van der Waals surface area contributed by atoms with E-state index in [2.05, 4.69) is 25.3 Å². The summed E-state index contributed by atoms with van der Waals surface area (Å²) in [5.74, 6) is -1.44. The molecule has 2 atom stereocenters. The molecule has 0 bridgehead atoms. The van der Waals surface area contributed by atoms with Crippen LogP contribution in [0.5, 0.6) is 23.0 Å². The lowest BCUT2D eigenvalue weighted by Gasteiger charge is -2.19. The summed E-state index contributed by atoms with van der Waals surface area (Å²) < 4.78 is 117. The Morgan fingerprint density at radius 3 is 1.63 bits per heavy atom. The highest BCUT2D eigenvalue weighted by molar-refractivity contribution is 5.92. The Morgan fingerprint density at radius 1 is 0.772 bits per heavy atom. The minimum atomic E-state index is -2.84. The number of methoxy groups -OCH3 is 4. The first-order valence-corrected chi connectivity index (χ1v) is 17.9. The second-order valence-corrected chi connectivity index (χ2v) is 12.8. The lowest BCUT2D eigenvalue weighted by atomic mass is 10.2. The molecule has 0 radical (unpaired) electrons. The van der Waals surface area contributed by atoms with Gasteiger partial charge in [-0.15, -0.1) is 0 Å². The number of carbonyl (C=O) groups excluding carboxylic acids is 1. The molecule has 19 nitrogen and oxygen atoms in total. The number of ether oxygens (including phenoxy) is 6. The Morgan fingerprint density at radius 2 is 1.23 bits per heavy atom. The summed E-state index contributed by atoms with van der Waals surface area (Å²) in [7, 11) is -7.78. The third-order valence-electron chi connectivity index (χ3n) is 8.77. The van der Waals surface area contributed by atoms with Crippen molar-refractivity contribution in [1.29, 1.82) is 0 Å². The van der Waals surface area contributed by atoms with Crippen LogP contribution in [0.3, 0.4) is 0 Å². The molecule has 6 rings (SSSR count). The minimum absolute atomic E-state index is 0.0503. The van der Waals surface area contributed by atoms with Crippen LogP contribution in [0.4, 0.5) is 23.5 Å². The molecular formula is C38H56N10O9. The molecule has 2 aliphatic heterocycles. The monoisotopic (exact) mass is 808 g/mol. The lowest BCUT2D eigenvalue weighted by molar-refractivity contribution is -0.147. The normalized spacial score (nSPS) is 19.8. The Bertz CT molecular complexity index is 2370. The number of carbonyl (C=O) groups is 2. The molecule has 1 amide bonds. The average Bonchev–Trinajstić information content (AvgIpc) is 3.97. The molecule has 2 fully saturated rings. The molecular weight excluding hydrogens is 740 g/mol. The van der Waals surface area contributed by atoms with Gasteiger partial charge in [0, 0.05) is 69.8 Å². The zero-order chi connectivity index (χ0) is 51.5. The van der Waals surface area contributed by atoms with Crippen LogP contribution in [-0.4, -0.2) is 131 Å². The summed E-state index contributed by atoms with van der Waals surface area (Å²) in [6.45, 7) is 3.25. The second kappa shape index (κ2) is 21.6. The van der Waals surface area contributed by atoms with Gasteiger partial charge in [-0.3, -0.25) is 4.79 Å². The van der Waals surface area contributed by atoms with E-state index in [0.717, 1.165) is 25.7 Å². The molecule has 8 N–H and O–H groups in total. The van der Waals surface area contributed by atoms with E-state index in [1.165, 1.54) is 24.3 Å². The van der Waals surface area contributed by atoms with Gasteiger partial charge in [0.1, 0.15) is 17.7 Å². The van der Waals surface area contributed by atoms with Crippen molar-refractivity contribution >= 4 is 57.2 Å². The van der Waals surface area contributed by atoms with Gasteiger partial charge >= 0.3 is 5.97 Å². The molecule has 2 aliphatic rings. The number of nitrogens with zero attached hydrogens (tertiary/aromatic N) is 6. The summed E-state index contributed by atoms with van der Waals surface area (Å²) in [6, 6.07) is 5.01. The number of fused-ring (bicyclic) bond motifs is 2. The molecule has 0 saturated carbocycles. The summed E-state index contributed by atoms with van der Waals surface area (Å²) >= 11 is 0. The van der Waals surface area contributed by atoms with Crippen molar-refractivity contribution in [2.24, 2.45) is 5.73 Å². The molecule has 2 aromatic carbocycles. The van der Waals surface area contributed by atoms with Crippen LogP contribution < -0.4 is 51.3 Å². The molecule has 2 saturated heterocycles. The van der Waals surface area contributed by atoms with Crippen molar-refractivity contribution in [2.75, 3.05) is 103 Å². The number of rotatable bonds is 15. The minimum Gasteiger partial charge on any atom is -0.493 e. The van der Waals surface area contributed by atoms with E-state index < -0.39 is 40.2 Å². The molecule has 312 valence electrons. The predicted octanol–water partition coefficient (Wildman–Crippen LogP) is 2.61. The number of carboxylic acids is 1. The highest BCUT2D eigenvalue weighted by atomic mass is 16.5. The molecule has 2 aromatic heterocycles. The fourth-order valence-electron chi connectivity index (χ4n) is 5.68. The molecule has 4 heterocycles. The molecule has 4 aromatic rings. The zero-order valence-corrected chi connectivity index (χ0v) is 31.6. The number of nitrogens with two attached hydrogens (primary N) is 3. The van der Waals surface area contributed by atoms with Crippen molar-refractivity contribution < 1.29 is 59.6 Å². The van der Waals surface area contributed by atoms with Crippen LogP contribution in [0.15, 0.2) is 24.3 Å². The highest BCUT2D eigenvalue weighted by Gasteiger charge is 2.23. The smallest absolute Gasteiger partial charge is 0.332 e. The van der Waals surface area contributed by atoms with Gasteiger partial charge in [0.25, 0.3) is 0 Å². The maximum absolute atomic E-state index is 12.0. The van der Waals surface area contributed by atoms with E-state index in [-0.39, 0.29) is 69.0 Å². The number of benzene rings is 2. The summed E-state index contributed by atoms with van der Waals surface area (Å²) in [4.78, 5) is 42.8. The molecule has 0 spiro atoms.